The molecule has 0 amide bonds. The van der Waals surface area contributed by atoms with Gasteiger partial charge < -0.3 is 10.1 Å². The Bertz CT molecular complexity index is 508. The maximum atomic E-state index is 14.0. The molecule has 6 heteroatoms. The Morgan fingerprint density at radius 3 is 2.63 bits per heavy atom. The second-order valence-corrected chi connectivity index (χ2v) is 5.19. The predicted octanol–water partition coefficient (Wildman–Crippen LogP) is 2.90. The molecule has 0 aromatic heterocycles. The van der Waals surface area contributed by atoms with E-state index in [9.17, 15) is 17.6 Å². The van der Waals surface area contributed by atoms with E-state index in [0.29, 0.717) is 24.2 Å². The minimum Gasteiger partial charge on any atom is -0.484 e. The van der Waals surface area contributed by atoms with Gasteiger partial charge in [0, 0.05) is 29.6 Å². The summed E-state index contributed by atoms with van der Waals surface area (Å²) in [6.07, 6.45) is -2.65. The highest BCUT2D eigenvalue weighted by Gasteiger charge is 2.49. The molecule has 0 radical (unpaired) electrons. The number of fused-ring (bicyclic) bond motifs is 2. The van der Waals surface area contributed by atoms with Crippen molar-refractivity contribution in [2.24, 2.45) is 0 Å². The van der Waals surface area contributed by atoms with Crippen LogP contribution < -0.4 is 10.1 Å². The average molecular weight is 275 g/mol. The lowest BCUT2D eigenvalue weighted by atomic mass is 9.87. The summed E-state index contributed by atoms with van der Waals surface area (Å²) in [7, 11) is 0. The minimum atomic E-state index is -4.39. The van der Waals surface area contributed by atoms with Crippen molar-refractivity contribution in [2.45, 2.75) is 31.0 Å². The van der Waals surface area contributed by atoms with Crippen molar-refractivity contribution >= 4 is 0 Å². The zero-order valence-electron chi connectivity index (χ0n) is 10.1. The molecular formula is C13H13F4NO. The minimum absolute atomic E-state index is 0.132. The van der Waals surface area contributed by atoms with Crippen LogP contribution in [0.1, 0.15) is 24.0 Å². The number of ether oxygens (including phenoxy) is 1. The van der Waals surface area contributed by atoms with Gasteiger partial charge in [0.05, 0.1) is 0 Å². The molecule has 0 atom stereocenters. The first kappa shape index (κ1) is 12.7. The smallest absolute Gasteiger partial charge is 0.422 e. The molecule has 1 aromatic rings. The molecule has 0 saturated heterocycles. The third-order valence-corrected chi connectivity index (χ3v) is 3.76. The SMILES string of the molecule is Fc1ccc(OCC(F)(F)F)c2c1C1(CC1)CNC2. The molecule has 0 bridgehead atoms. The van der Waals surface area contributed by atoms with Crippen molar-refractivity contribution in [3.8, 4) is 5.75 Å². The molecule has 1 spiro atoms. The lowest BCUT2D eigenvalue weighted by molar-refractivity contribution is -0.153. The van der Waals surface area contributed by atoms with Crippen molar-refractivity contribution in [3.63, 3.8) is 0 Å². The Labute approximate surface area is 107 Å². The highest BCUT2D eigenvalue weighted by molar-refractivity contribution is 5.49. The van der Waals surface area contributed by atoms with Crippen molar-refractivity contribution in [1.29, 1.82) is 0 Å². The molecular weight excluding hydrogens is 262 g/mol. The van der Waals surface area contributed by atoms with Gasteiger partial charge in [0.1, 0.15) is 11.6 Å². The summed E-state index contributed by atoms with van der Waals surface area (Å²) in [5, 5.41) is 3.13. The van der Waals surface area contributed by atoms with Crippen molar-refractivity contribution in [2.75, 3.05) is 13.2 Å². The lowest BCUT2D eigenvalue weighted by Crippen LogP contribution is -2.35. The summed E-state index contributed by atoms with van der Waals surface area (Å²) in [4.78, 5) is 0. The number of nitrogens with one attached hydrogen (secondary N) is 1. The molecule has 1 saturated carbocycles. The van der Waals surface area contributed by atoms with Gasteiger partial charge in [-0.3, -0.25) is 0 Å². The highest BCUT2D eigenvalue weighted by Crippen LogP contribution is 2.52. The zero-order chi connectivity index (χ0) is 13.7. The quantitative estimate of drug-likeness (QED) is 0.838. The van der Waals surface area contributed by atoms with Crippen LogP contribution in [-0.2, 0) is 12.0 Å². The largest absolute Gasteiger partial charge is 0.484 e. The van der Waals surface area contributed by atoms with Gasteiger partial charge in [-0.25, -0.2) is 4.39 Å². The first-order chi connectivity index (χ1) is 8.91. The van der Waals surface area contributed by atoms with Gasteiger partial charge in [-0.05, 0) is 25.0 Å². The Kier molecular flexibility index (Phi) is 2.74. The van der Waals surface area contributed by atoms with E-state index in [2.05, 4.69) is 5.32 Å². The third kappa shape index (κ3) is 2.29. The molecule has 2 aliphatic rings. The van der Waals surface area contributed by atoms with E-state index in [4.69, 9.17) is 4.74 Å². The fourth-order valence-electron chi connectivity index (χ4n) is 2.74. The number of alkyl halides is 3. The summed E-state index contributed by atoms with van der Waals surface area (Å²) >= 11 is 0. The van der Waals surface area contributed by atoms with Gasteiger partial charge in [0.15, 0.2) is 6.61 Å². The van der Waals surface area contributed by atoms with Gasteiger partial charge in [0.2, 0.25) is 0 Å². The Balaban J connectivity index is 1.94. The maximum absolute atomic E-state index is 14.0. The number of benzene rings is 1. The van der Waals surface area contributed by atoms with Gasteiger partial charge in [-0.2, -0.15) is 13.2 Å². The summed E-state index contributed by atoms with van der Waals surface area (Å²) in [5.74, 6) is -0.208. The molecule has 1 heterocycles. The maximum Gasteiger partial charge on any atom is 0.422 e. The molecule has 1 aliphatic carbocycles. The molecule has 3 rings (SSSR count). The van der Waals surface area contributed by atoms with E-state index in [-0.39, 0.29) is 17.0 Å². The molecule has 1 fully saturated rings. The topological polar surface area (TPSA) is 21.3 Å². The number of halogens is 4. The zero-order valence-corrected chi connectivity index (χ0v) is 10.1. The van der Waals surface area contributed by atoms with E-state index >= 15 is 0 Å². The first-order valence-corrected chi connectivity index (χ1v) is 6.13. The average Bonchev–Trinajstić information content (AvgIpc) is 3.07. The number of hydrogen-bond donors (Lipinski definition) is 1. The van der Waals surface area contributed by atoms with E-state index < -0.39 is 12.8 Å². The second-order valence-electron chi connectivity index (χ2n) is 5.19. The van der Waals surface area contributed by atoms with Gasteiger partial charge in [-0.15, -0.1) is 0 Å². The molecule has 1 N–H and O–H groups in total. The first-order valence-electron chi connectivity index (χ1n) is 6.13. The van der Waals surface area contributed by atoms with E-state index in [1.54, 1.807) is 0 Å². The summed E-state index contributed by atoms with van der Waals surface area (Å²) in [5.41, 5.74) is 0.855. The third-order valence-electron chi connectivity index (χ3n) is 3.76. The van der Waals surface area contributed by atoms with E-state index in [1.165, 1.54) is 12.1 Å². The van der Waals surface area contributed by atoms with Crippen LogP contribution in [0.4, 0.5) is 17.6 Å². The molecule has 1 aromatic carbocycles. The van der Waals surface area contributed by atoms with Gasteiger partial charge in [-0.1, -0.05) is 0 Å². The summed E-state index contributed by atoms with van der Waals surface area (Å²) in [6, 6.07) is 2.49. The van der Waals surface area contributed by atoms with Gasteiger partial charge in [0.25, 0.3) is 0 Å². The fourth-order valence-corrected chi connectivity index (χ4v) is 2.74. The van der Waals surface area contributed by atoms with E-state index in [0.717, 1.165) is 12.8 Å². The van der Waals surface area contributed by atoms with Crippen LogP contribution in [0.3, 0.4) is 0 Å². The standard InChI is InChI=1S/C13H13F4NO/c14-9-1-2-10(19-7-13(15,16)17)8-5-18-6-12(3-4-12)11(8)9/h1-2,18H,3-7H2. The molecule has 19 heavy (non-hydrogen) atoms. The highest BCUT2D eigenvalue weighted by atomic mass is 19.4. The molecule has 104 valence electrons. The van der Waals surface area contributed by atoms with Crippen LogP contribution in [0.2, 0.25) is 0 Å². The van der Waals surface area contributed by atoms with Crippen LogP contribution in [0.15, 0.2) is 12.1 Å². The van der Waals surface area contributed by atoms with Crippen LogP contribution in [0.25, 0.3) is 0 Å². The normalized spacial score (nSPS) is 20.2. The monoisotopic (exact) mass is 275 g/mol. The molecule has 0 unspecified atom stereocenters. The number of rotatable bonds is 2. The summed E-state index contributed by atoms with van der Waals surface area (Å²) in [6.45, 7) is -0.320. The Morgan fingerprint density at radius 2 is 2.00 bits per heavy atom. The lowest BCUT2D eigenvalue weighted by Gasteiger charge is -2.28. The van der Waals surface area contributed by atoms with Crippen molar-refractivity contribution < 1.29 is 22.3 Å². The van der Waals surface area contributed by atoms with Crippen LogP contribution in [-0.4, -0.2) is 19.3 Å². The van der Waals surface area contributed by atoms with Crippen LogP contribution in [0.5, 0.6) is 5.75 Å². The second kappa shape index (κ2) is 4.10. The fraction of sp³-hybridized carbons (Fsp3) is 0.538. The summed E-state index contributed by atoms with van der Waals surface area (Å²) < 4.78 is 55.4. The van der Waals surface area contributed by atoms with E-state index in [1.807, 2.05) is 0 Å². The molecule has 1 aliphatic heterocycles. The predicted molar refractivity (Wildman–Crippen MR) is 60.6 cm³/mol. The molecule has 2 nitrogen and oxygen atoms in total. The van der Waals surface area contributed by atoms with Crippen LogP contribution in [0, 0.1) is 5.82 Å². The number of hydrogen-bond acceptors (Lipinski definition) is 2. The Morgan fingerprint density at radius 1 is 1.26 bits per heavy atom. The van der Waals surface area contributed by atoms with Crippen molar-refractivity contribution in [3.05, 3.63) is 29.1 Å². The van der Waals surface area contributed by atoms with Crippen molar-refractivity contribution in [1.82, 2.24) is 5.32 Å². The Hall–Kier alpha value is -1.30. The van der Waals surface area contributed by atoms with Gasteiger partial charge >= 0.3 is 6.18 Å². The van der Waals surface area contributed by atoms with Crippen LogP contribution >= 0.6 is 0 Å².